The molecule has 0 aliphatic heterocycles. The molecule has 3 aromatic carbocycles. The van der Waals surface area contributed by atoms with E-state index in [1.165, 1.54) is 11.1 Å². The predicted molar refractivity (Wildman–Crippen MR) is 125 cm³/mol. The van der Waals surface area contributed by atoms with E-state index in [1.54, 1.807) is 30.0 Å². The van der Waals surface area contributed by atoms with Gasteiger partial charge in [-0.1, -0.05) is 72.3 Å². The van der Waals surface area contributed by atoms with Gasteiger partial charge >= 0.3 is 0 Å². The fraction of sp³-hybridized carbons (Fsp3) is 0.200. The first kappa shape index (κ1) is 21.7. The first-order chi connectivity index (χ1) is 14.5. The van der Waals surface area contributed by atoms with Crippen LogP contribution in [-0.2, 0) is 10.5 Å². The second-order valence-corrected chi connectivity index (χ2v) is 8.16. The van der Waals surface area contributed by atoms with Gasteiger partial charge in [0.25, 0.3) is 5.91 Å². The van der Waals surface area contributed by atoms with E-state index in [1.807, 2.05) is 43.3 Å². The number of anilines is 1. The lowest BCUT2D eigenvalue weighted by atomic mass is 10.1. The normalized spacial score (nSPS) is 11.5. The lowest BCUT2D eigenvalue weighted by Crippen LogP contribution is -2.28. The molecular weight excluding hydrogens is 392 g/mol. The average Bonchev–Trinajstić information content (AvgIpc) is 2.76. The van der Waals surface area contributed by atoms with Crippen LogP contribution in [0.5, 0.6) is 0 Å². The van der Waals surface area contributed by atoms with Gasteiger partial charge in [-0.25, -0.2) is 0 Å². The van der Waals surface area contributed by atoms with Crippen molar-refractivity contribution in [3.63, 3.8) is 0 Å². The highest BCUT2D eigenvalue weighted by Gasteiger charge is 2.16. The van der Waals surface area contributed by atoms with E-state index in [4.69, 9.17) is 0 Å². The minimum atomic E-state index is -0.213. The Hall–Kier alpha value is -3.05. The summed E-state index contributed by atoms with van der Waals surface area (Å²) in [5, 5.41) is 5.88. The molecule has 154 valence electrons. The van der Waals surface area contributed by atoms with Gasteiger partial charge in [-0.2, -0.15) is 0 Å². The summed E-state index contributed by atoms with van der Waals surface area (Å²) in [6, 6.07) is 25.0. The molecule has 1 atom stereocenters. The van der Waals surface area contributed by atoms with Crippen LogP contribution in [0.1, 0.15) is 40.0 Å². The molecule has 4 nitrogen and oxygen atoms in total. The van der Waals surface area contributed by atoms with Gasteiger partial charge in [-0.3, -0.25) is 9.59 Å². The average molecular weight is 419 g/mol. The van der Waals surface area contributed by atoms with Gasteiger partial charge in [-0.05, 0) is 37.1 Å². The second-order valence-electron chi connectivity index (χ2n) is 7.18. The van der Waals surface area contributed by atoms with Gasteiger partial charge in [0.1, 0.15) is 0 Å². The van der Waals surface area contributed by atoms with Crippen LogP contribution in [0.2, 0.25) is 0 Å². The van der Waals surface area contributed by atoms with Crippen molar-refractivity contribution < 1.29 is 9.59 Å². The Morgan fingerprint density at radius 3 is 2.30 bits per heavy atom. The Morgan fingerprint density at radius 2 is 1.57 bits per heavy atom. The fourth-order valence-electron chi connectivity index (χ4n) is 3.02. The molecule has 0 fully saturated rings. The van der Waals surface area contributed by atoms with E-state index in [2.05, 4.69) is 41.8 Å². The van der Waals surface area contributed by atoms with Crippen LogP contribution >= 0.6 is 11.8 Å². The molecule has 0 radical (unpaired) electrons. The van der Waals surface area contributed by atoms with E-state index < -0.39 is 0 Å². The highest BCUT2D eigenvalue weighted by molar-refractivity contribution is 7.99. The lowest BCUT2D eigenvalue weighted by molar-refractivity contribution is -0.113. The third kappa shape index (κ3) is 6.22. The standard InChI is InChI=1S/C25H26N2O2S/c1-18-12-14-20(15-13-18)16-30-17-24(28)27-23-11-7-6-10-22(23)25(29)26-19(2)21-8-4-3-5-9-21/h3-15,19H,16-17H2,1-2H3,(H,26,29)(H,27,28)/t19-/m1/s1. The van der Waals surface area contributed by atoms with Gasteiger partial charge in [0.05, 0.1) is 23.0 Å². The molecule has 0 unspecified atom stereocenters. The van der Waals surface area contributed by atoms with Crippen LogP contribution < -0.4 is 10.6 Å². The van der Waals surface area contributed by atoms with Crippen molar-refractivity contribution in [2.45, 2.75) is 25.6 Å². The molecular formula is C25H26N2O2S. The molecule has 0 bridgehead atoms. The molecule has 0 saturated carbocycles. The van der Waals surface area contributed by atoms with Crippen LogP contribution in [0, 0.1) is 6.92 Å². The number of hydrogen-bond donors (Lipinski definition) is 2. The van der Waals surface area contributed by atoms with Crippen LogP contribution in [0.4, 0.5) is 5.69 Å². The van der Waals surface area contributed by atoms with Gasteiger partial charge in [0.15, 0.2) is 0 Å². The van der Waals surface area contributed by atoms with Crippen LogP contribution in [0.25, 0.3) is 0 Å². The molecule has 0 aliphatic rings. The zero-order valence-corrected chi connectivity index (χ0v) is 18.0. The predicted octanol–water partition coefficient (Wildman–Crippen LogP) is 5.36. The van der Waals surface area contributed by atoms with Gasteiger partial charge in [0.2, 0.25) is 5.91 Å². The number of carbonyl (C=O) groups is 2. The molecule has 2 amide bonds. The SMILES string of the molecule is Cc1ccc(CSCC(=O)Nc2ccccc2C(=O)N[C@H](C)c2ccccc2)cc1. The monoisotopic (exact) mass is 418 g/mol. The topological polar surface area (TPSA) is 58.2 Å². The zero-order chi connectivity index (χ0) is 21.3. The van der Waals surface area contributed by atoms with Gasteiger partial charge in [0, 0.05) is 5.75 Å². The van der Waals surface area contributed by atoms with Crippen molar-refractivity contribution in [2.24, 2.45) is 0 Å². The number of thioether (sulfide) groups is 1. The molecule has 0 heterocycles. The third-order valence-corrected chi connectivity index (χ3v) is 5.72. The number of benzene rings is 3. The van der Waals surface area contributed by atoms with Crippen LogP contribution in [0.15, 0.2) is 78.9 Å². The third-order valence-electron chi connectivity index (χ3n) is 4.72. The van der Waals surface area contributed by atoms with Crippen molar-refractivity contribution in [1.82, 2.24) is 5.32 Å². The summed E-state index contributed by atoms with van der Waals surface area (Å²) < 4.78 is 0. The molecule has 0 spiro atoms. The summed E-state index contributed by atoms with van der Waals surface area (Å²) in [5.74, 6) is 0.757. The molecule has 3 rings (SSSR count). The van der Waals surface area contributed by atoms with E-state index in [0.717, 1.165) is 11.3 Å². The molecule has 30 heavy (non-hydrogen) atoms. The van der Waals surface area contributed by atoms with Crippen molar-refractivity contribution in [1.29, 1.82) is 0 Å². The van der Waals surface area contributed by atoms with Crippen LogP contribution in [0.3, 0.4) is 0 Å². The van der Waals surface area contributed by atoms with Gasteiger partial charge < -0.3 is 10.6 Å². The quantitative estimate of drug-likeness (QED) is 0.518. The van der Waals surface area contributed by atoms with Gasteiger partial charge in [-0.15, -0.1) is 11.8 Å². The molecule has 2 N–H and O–H groups in total. The molecule has 0 aliphatic carbocycles. The van der Waals surface area contributed by atoms with E-state index in [-0.39, 0.29) is 17.9 Å². The summed E-state index contributed by atoms with van der Waals surface area (Å²) in [6.07, 6.45) is 0. The molecule has 0 aromatic heterocycles. The molecule has 3 aromatic rings. The summed E-state index contributed by atoms with van der Waals surface area (Å²) in [4.78, 5) is 25.2. The molecule has 5 heteroatoms. The van der Waals surface area contributed by atoms with Crippen LogP contribution in [-0.4, -0.2) is 17.6 Å². The number of nitrogens with one attached hydrogen (secondary N) is 2. The smallest absolute Gasteiger partial charge is 0.253 e. The summed E-state index contributed by atoms with van der Waals surface area (Å²) >= 11 is 1.55. The van der Waals surface area contributed by atoms with Crippen molar-refractivity contribution in [3.05, 3.63) is 101 Å². The number of hydrogen-bond acceptors (Lipinski definition) is 3. The van der Waals surface area contributed by atoms with E-state index >= 15 is 0 Å². The minimum Gasteiger partial charge on any atom is -0.345 e. The Labute approximate surface area is 182 Å². The number of aryl methyl sites for hydroxylation is 1. The first-order valence-electron chi connectivity index (χ1n) is 9.91. The zero-order valence-electron chi connectivity index (χ0n) is 17.2. The molecule has 0 saturated heterocycles. The lowest BCUT2D eigenvalue weighted by Gasteiger charge is -2.16. The maximum Gasteiger partial charge on any atom is 0.253 e. The Kier molecular flexibility index (Phi) is 7.69. The number of amides is 2. The Balaban J connectivity index is 1.56. The number of para-hydroxylation sites is 1. The van der Waals surface area contributed by atoms with Crippen molar-refractivity contribution >= 4 is 29.3 Å². The van der Waals surface area contributed by atoms with E-state index in [0.29, 0.717) is 17.0 Å². The van der Waals surface area contributed by atoms with Crippen molar-refractivity contribution in [2.75, 3.05) is 11.1 Å². The summed E-state index contributed by atoms with van der Waals surface area (Å²) in [6.45, 7) is 3.99. The number of carbonyl (C=O) groups excluding carboxylic acids is 2. The highest BCUT2D eigenvalue weighted by Crippen LogP contribution is 2.19. The summed E-state index contributed by atoms with van der Waals surface area (Å²) in [5.41, 5.74) is 4.42. The largest absolute Gasteiger partial charge is 0.345 e. The fourth-order valence-corrected chi connectivity index (χ4v) is 3.81. The van der Waals surface area contributed by atoms with Crippen molar-refractivity contribution in [3.8, 4) is 0 Å². The Bertz CT molecular complexity index is 988. The van der Waals surface area contributed by atoms with E-state index in [9.17, 15) is 9.59 Å². The maximum atomic E-state index is 12.8. The maximum absolute atomic E-state index is 12.8. The number of rotatable bonds is 8. The Morgan fingerprint density at radius 1 is 0.900 bits per heavy atom. The summed E-state index contributed by atoms with van der Waals surface area (Å²) in [7, 11) is 0. The second kappa shape index (κ2) is 10.6. The minimum absolute atomic E-state index is 0.122. The highest BCUT2D eigenvalue weighted by atomic mass is 32.2. The first-order valence-corrected chi connectivity index (χ1v) is 11.1.